The first-order valence-electron chi connectivity index (χ1n) is 5.56. The second-order valence-electron chi connectivity index (χ2n) is 4.34. The number of fused-ring (bicyclic) bond motifs is 2. The monoisotopic (exact) mass is 198 g/mol. The molecule has 0 aromatic rings. The standard InChI is InChI=1S/C11H18O3/c1-3-6-13-11(12)10-7(2)8-4-5-9(10)14-8/h7-10H,3-6H2,1-2H3. The van der Waals surface area contributed by atoms with Gasteiger partial charge in [-0.3, -0.25) is 4.79 Å². The van der Waals surface area contributed by atoms with Gasteiger partial charge in [-0.15, -0.1) is 0 Å². The van der Waals surface area contributed by atoms with Crippen molar-refractivity contribution in [3.8, 4) is 0 Å². The second kappa shape index (κ2) is 3.89. The molecule has 2 saturated heterocycles. The van der Waals surface area contributed by atoms with Gasteiger partial charge >= 0.3 is 5.97 Å². The van der Waals surface area contributed by atoms with Gasteiger partial charge in [-0.2, -0.15) is 0 Å². The van der Waals surface area contributed by atoms with Crippen molar-refractivity contribution in [1.29, 1.82) is 0 Å². The van der Waals surface area contributed by atoms with E-state index in [-0.39, 0.29) is 18.0 Å². The molecule has 3 nitrogen and oxygen atoms in total. The van der Waals surface area contributed by atoms with Gasteiger partial charge in [-0.1, -0.05) is 13.8 Å². The quantitative estimate of drug-likeness (QED) is 0.648. The third-order valence-electron chi connectivity index (χ3n) is 3.36. The number of carbonyl (C=O) groups is 1. The van der Waals surface area contributed by atoms with Crippen LogP contribution >= 0.6 is 0 Å². The summed E-state index contributed by atoms with van der Waals surface area (Å²) in [6.07, 6.45) is 3.48. The summed E-state index contributed by atoms with van der Waals surface area (Å²) in [6, 6.07) is 0. The molecule has 2 aliphatic heterocycles. The Hall–Kier alpha value is -0.570. The predicted molar refractivity (Wildman–Crippen MR) is 51.8 cm³/mol. The van der Waals surface area contributed by atoms with Gasteiger partial charge in [0.2, 0.25) is 0 Å². The number of carbonyl (C=O) groups excluding carboxylic acids is 1. The Morgan fingerprint density at radius 2 is 2.14 bits per heavy atom. The van der Waals surface area contributed by atoms with E-state index in [1.165, 1.54) is 0 Å². The highest BCUT2D eigenvalue weighted by molar-refractivity contribution is 5.74. The molecule has 2 bridgehead atoms. The van der Waals surface area contributed by atoms with E-state index in [2.05, 4.69) is 6.92 Å². The minimum Gasteiger partial charge on any atom is -0.465 e. The number of ether oxygens (including phenoxy) is 2. The zero-order valence-electron chi connectivity index (χ0n) is 8.86. The molecule has 14 heavy (non-hydrogen) atoms. The van der Waals surface area contributed by atoms with Crippen LogP contribution in [0, 0.1) is 11.8 Å². The lowest BCUT2D eigenvalue weighted by Gasteiger charge is -2.22. The summed E-state index contributed by atoms with van der Waals surface area (Å²) in [7, 11) is 0. The molecule has 0 amide bonds. The third-order valence-corrected chi connectivity index (χ3v) is 3.36. The van der Waals surface area contributed by atoms with Crippen LogP contribution in [0.25, 0.3) is 0 Å². The molecule has 4 atom stereocenters. The van der Waals surface area contributed by atoms with Gasteiger partial charge in [0.05, 0.1) is 24.7 Å². The van der Waals surface area contributed by atoms with E-state index in [9.17, 15) is 4.79 Å². The van der Waals surface area contributed by atoms with Gasteiger partial charge in [0.15, 0.2) is 0 Å². The average molecular weight is 198 g/mol. The molecular weight excluding hydrogens is 180 g/mol. The van der Waals surface area contributed by atoms with Crippen LogP contribution in [0.3, 0.4) is 0 Å². The summed E-state index contributed by atoms with van der Waals surface area (Å²) in [5.41, 5.74) is 0. The molecule has 0 aliphatic carbocycles. The maximum absolute atomic E-state index is 11.7. The molecule has 0 aromatic heterocycles. The lowest BCUT2D eigenvalue weighted by molar-refractivity contribution is -0.151. The molecule has 0 N–H and O–H groups in total. The normalized spacial score (nSPS) is 40.1. The SMILES string of the molecule is CCCOC(=O)C1C2CCC(O2)C1C. The molecule has 3 heteroatoms. The van der Waals surface area contributed by atoms with Crippen LogP contribution in [0.5, 0.6) is 0 Å². The summed E-state index contributed by atoms with van der Waals surface area (Å²) < 4.78 is 10.9. The first kappa shape index (κ1) is 9.97. The molecule has 0 radical (unpaired) electrons. The minimum atomic E-state index is -0.0495. The van der Waals surface area contributed by atoms with Crippen molar-refractivity contribution >= 4 is 5.97 Å². The first-order chi connectivity index (χ1) is 6.74. The average Bonchev–Trinajstić information content (AvgIpc) is 2.74. The van der Waals surface area contributed by atoms with Crippen molar-refractivity contribution in [2.75, 3.05) is 6.61 Å². The van der Waals surface area contributed by atoms with Crippen molar-refractivity contribution < 1.29 is 14.3 Å². The van der Waals surface area contributed by atoms with E-state index in [1.807, 2.05) is 6.92 Å². The highest BCUT2D eigenvalue weighted by Crippen LogP contribution is 2.43. The fraction of sp³-hybridized carbons (Fsp3) is 0.909. The van der Waals surface area contributed by atoms with Crippen LogP contribution in [0.2, 0.25) is 0 Å². The van der Waals surface area contributed by atoms with Crippen molar-refractivity contribution in [3.05, 3.63) is 0 Å². The molecule has 0 aromatic carbocycles. The van der Waals surface area contributed by atoms with Crippen LogP contribution in [0.1, 0.15) is 33.1 Å². The van der Waals surface area contributed by atoms with Gasteiger partial charge in [-0.05, 0) is 25.2 Å². The lowest BCUT2D eigenvalue weighted by Crippen LogP contribution is -2.33. The van der Waals surface area contributed by atoms with Gasteiger partial charge in [0, 0.05) is 0 Å². The molecule has 4 unspecified atom stereocenters. The third kappa shape index (κ3) is 1.54. The maximum atomic E-state index is 11.7. The van der Waals surface area contributed by atoms with E-state index in [0.717, 1.165) is 19.3 Å². The number of esters is 1. The molecule has 2 rings (SSSR count). The highest BCUT2D eigenvalue weighted by atomic mass is 16.5. The summed E-state index contributed by atoms with van der Waals surface area (Å²) in [6.45, 7) is 4.65. The fourth-order valence-electron chi connectivity index (χ4n) is 2.58. The van der Waals surface area contributed by atoms with Gasteiger partial charge < -0.3 is 9.47 Å². The van der Waals surface area contributed by atoms with E-state index < -0.39 is 0 Å². The Morgan fingerprint density at radius 3 is 2.71 bits per heavy atom. The van der Waals surface area contributed by atoms with E-state index in [1.54, 1.807) is 0 Å². The Morgan fingerprint density at radius 1 is 1.43 bits per heavy atom. The number of hydrogen-bond acceptors (Lipinski definition) is 3. The Bertz CT molecular complexity index is 225. The smallest absolute Gasteiger partial charge is 0.311 e. The molecule has 2 heterocycles. The van der Waals surface area contributed by atoms with Crippen LogP contribution in [0.15, 0.2) is 0 Å². The summed E-state index contributed by atoms with van der Waals surface area (Å²) >= 11 is 0. The van der Waals surface area contributed by atoms with Crippen molar-refractivity contribution in [1.82, 2.24) is 0 Å². The van der Waals surface area contributed by atoms with E-state index >= 15 is 0 Å². The molecule has 2 fully saturated rings. The molecule has 80 valence electrons. The molecule has 0 saturated carbocycles. The number of hydrogen-bond donors (Lipinski definition) is 0. The van der Waals surface area contributed by atoms with Gasteiger partial charge in [0.1, 0.15) is 0 Å². The number of rotatable bonds is 3. The van der Waals surface area contributed by atoms with Gasteiger partial charge in [0.25, 0.3) is 0 Å². The predicted octanol–water partition coefficient (Wildman–Crippen LogP) is 1.75. The van der Waals surface area contributed by atoms with Crippen LogP contribution in [-0.4, -0.2) is 24.8 Å². The summed E-state index contributed by atoms with van der Waals surface area (Å²) in [5.74, 6) is 0.296. The van der Waals surface area contributed by atoms with Crippen LogP contribution < -0.4 is 0 Å². The minimum absolute atomic E-state index is 0.000278. The maximum Gasteiger partial charge on any atom is 0.311 e. The molecule has 0 spiro atoms. The fourth-order valence-corrected chi connectivity index (χ4v) is 2.58. The Balaban J connectivity index is 1.94. The highest BCUT2D eigenvalue weighted by Gasteiger charge is 2.50. The van der Waals surface area contributed by atoms with E-state index in [4.69, 9.17) is 9.47 Å². The van der Waals surface area contributed by atoms with Crippen molar-refractivity contribution in [2.24, 2.45) is 11.8 Å². The second-order valence-corrected chi connectivity index (χ2v) is 4.34. The first-order valence-corrected chi connectivity index (χ1v) is 5.56. The zero-order chi connectivity index (χ0) is 10.1. The summed E-state index contributed by atoms with van der Waals surface area (Å²) in [5, 5.41) is 0. The largest absolute Gasteiger partial charge is 0.465 e. The van der Waals surface area contributed by atoms with Crippen molar-refractivity contribution in [3.63, 3.8) is 0 Å². The summed E-state index contributed by atoms with van der Waals surface area (Å²) in [4.78, 5) is 11.7. The van der Waals surface area contributed by atoms with Gasteiger partial charge in [-0.25, -0.2) is 0 Å². The Labute approximate surface area is 84.8 Å². The Kier molecular flexibility index (Phi) is 2.77. The lowest BCUT2D eigenvalue weighted by atomic mass is 9.80. The molecule has 2 aliphatic rings. The van der Waals surface area contributed by atoms with Crippen molar-refractivity contribution in [2.45, 2.75) is 45.3 Å². The zero-order valence-corrected chi connectivity index (χ0v) is 8.86. The molecular formula is C11H18O3. The van der Waals surface area contributed by atoms with Crippen LogP contribution in [0.4, 0.5) is 0 Å². The van der Waals surface area contributed by atoms with E-state index in [0.29, 0.717) is 18.6 Å². The van der Waals surface area contributed by atoms with Crippen LogP contribution in [-0.2, 0) is 14.3 Å². The topological polar surface area (TPSA) is 35.5 Å².